The van der Waals surface area contributed by atoms with Crippen LogP contribution in [0.2, 0.25) is 0 Å². The van der Waals surface area contributed by atoms with Gasteiger partial charge in [0.2, 0.25) is 0 Å². The molecule has 0 saturated carbocycles. The Morgan fingerprint density at radius 3 is 1.43 bits per heavy atom. The molecule has 0 aliphatic carbocycles. The molecule has 0 unspecified atom stereocenters. The number of hydrogen-bond donors (Lipinski definition) is 0. The van der Waals surface area contributed by atoms with E-state index in [0.29, 0.717) is 17.0 Å². The van der Waals surface area contributed by atoms with E-state index in [4.69, 9.17) is 9.97 Å². The summed E-state index contributed by atoms with van der Waals surface area (Å²) in [6, 6.07) is 74.4. The van der Waals surface area contributed by atoms with Crippen molar-refractivity contribution in [3.05, 3.63) is 217 Å². The summed E-state index contributed by atoms with van der Waals surface area (Å²) >= 11 is 0. The lowest BCUT2D eigenvalue weighted by Crippen LogP contribution is -2.10. The third-order valence-corrected chi connectivity index (χ3v) is 10.9. The van der Waals surface area contributed by atoms with Crippen LogP contribution < -0.4 is 4.90 Å². The second-order valence-corrected chi connectivity index (χ2v) is 14.5. The minimum Gasteiger partial charge on any atom is -0.310 e. The first-order valence-electron chi connectivity index (χ1n) is 19.7. The van der Waals surface area contributed by atoms with Crippen LogP contribution >= 0.6 is 0 Å². The van der Waals surface area contributed by atoms with Gasteiger partial charge in [-0.15, -0.1) is 0 Å². The summed E-state index contributed by atoms with van der Waals surface area (Å²) in [6.45, 7) is 0. The van der Waals surface area contributed by atoms with E-state index >= 15 is 0 Å². The van der Waals surface area contributed by atoms with Crippen LogP contribution in [0.25, 0.3) is 72.5 Å². The standard InChI is InChI=1S/C54H34N6/c55-35-37-15-25-44(26-16-37)59(45-27-17-38(36-56)18-28-45)47-31-32-53-49(33-47)48-13-7-8-14-52(48)60(53)46-29-23-40(24-30-46)39-19-21-42(22-20-39)51-34-50(41-9-3-1-4-10-41)57-54(58-51)43-11-5-2-6-12-43/h1-34H. The zero-order chi connectivity index (χ0) is 40.4. The molecule has 0 saturated heterocycles. The van der Waals surface area contributed by atoms with Crippen LogP contribution in [-0.2, 0) is 0 Å². The molecule has 0 aliphatic rings. The molecular formula is C54H34N6. The number of nitrogens with zero attached hydrogens (tertiary/aromatic N) is 6. The van der Waals surface area contributed by atoms with Gasteiger partial charge in [0.25, 0.3) is 0 Å². The van der Waals surface area contributed by atoms with E-state index in [2.05, 4.69) is 131 Å². The van der Waals surface area contributed by atoms with Gasteiger partial charge in [0.1, 0.15) is 0 Å². The maximum Gasteiger partial charge on any atom is 0.160 e. The molecule has 0 aliphatic heterocycles. The Balaban J connectivity index is 0.994. The van der Waals surface area contributed by atoms with Gasteiger partial charge in [-0.2, -0.15) is 10.5 Å². The monoisotopic (exact) mass is 766 g/mol. The molecule has 0 radical (unpaired) electrons. The molecule has 10 aromatic rings. The molecular weight excluding hydrogens is 733 g/mol. The van der Waals surface area contributed by atoms with Crippen molar-refractivity contribution in [2.75, 3.05) is 4.90 Å². The molecule has 0 amide bonds. The van der Waals surface area contributed by atoms with Crippen molar-refractivity contribution >= 4 is 38.9 Å². The molecule has 280 valence electrons. The van der Waals surface area contributed by atoms with Gasteiger partial charge < -0.3 is 9.47 Å². The minimum absolute atomic E-state index is 0.595. The highest BCUT2D eigenvalue weighted by Crippen LogP contribution is 2.40. The van der Waals surface area contributed by atoms with Gasteiger partial charge in [0, 0.05) is 50.2 Å². The first-order chi connectivity index (χ1) is 29.6. The average molecular weight is 767 g/mol. The zero-order valence-corrected chi connectivity index (χ0v) is 32.3. The van der Waals surface area contributed by atoms with E-state index in [0.717, 1.165) is 83.8 Å². The fourth-order valence-corrected chi connectivity index (χ4v) is 7.90. The van der Waals surface area contributed by atoms with Crippen molar-refractivity contribution in [3.63, 3.8) is 0 Å². The Kier molecular flexibility index (Phi) is 9.19. The topological polar surface area (TPSA) is 81.5 Å². The molecule has 0 bridgehead atoms. The zero-order valence-electron chi connectivity index (χ0n) is 32.3. The van der Waals surface area contributed by atoms with E-state index in [1.807, 2.05) is 97.1 Å². The third kappa shape index (κ3) is 6.71. The molecule has 0 N–H and O–H groups in total. The largest absolute Gasteiger partial charge is 0.310 e. The van der Waals surface area contributed by atoms with Crippen LogP contribution in [0.5, 0.6) is 0 Å². The summed E-state index contributed by atoms with van der Waals surface area (Å²) in [4.78, 5) is 12.1. The Morgan fingerprint density at radius 1 is 0.383 bits per heavy atom. The highest BCUT2D eigenvalue weighted by molar-refractivity contribution is 6.10. The van der Waals surface area contributed by atoms with E-state index < -0.39 is 0 Å². The first-order valence-corrected chi connectivity index (χ1v) is 19.7. The second-order valence-electron chi connectivity index (χ2n) is 14.5. The van der Waals surface area contributed by atoms with Crippen molar-refractivity contribution in [1.82, 2.24) is 14.5 Å². The highest BCUT2D eigenvalue weighted by atomic mass is 15.1. The number of benzene rings is 8. The van der Waals surface area contributed by atoms with E-state index in [9.17, 15) is 10.5 Å². The van der Waals surface area contributed by atoms with Gasteiger partial charge in [-0.25, -0.2) is 9.97 Å². The van der Waals surface area contributed by atoms with Crippen molar-refractivity contribution in [2.45, 2.75) is 0 Å². The quantitative estimate of drug-likeness (QED) is 0.154. The molecule has 0 fully saturated rings. The van der Waals surface area contributed by atoms with E-state index in [1.54, 1.807) is 0 Å². The van der Waals surface area contributed by atoms with Crippen LogP contribution in [0.4, 0.5) is 17.1 Å². The molecule has 8 aromatic carbocycles. The fraction of sp³-hybridized carbons (Fsp3) is 0. The Labute approximate surface area is 347 Å². The van der Waals surface area contributed by atoms with Gasteiger partial charge in [-0.05, 0) is 102 Å². The highest BCUT2D eigenvalue weighted by Gasteiger charge is 2.18. The lowest BCUT2D eigenvalue weighted by molar-refractivity contribution is 1.18. The van der Waals surface area contributed by atoms with E-state index in [-0.39, 0.29) is 0 Å². The maximum absolute atomic E-state index is 9.47. The molecule has 10 rings (SSSR count). The Hall–Kier alpha value is -8.58. The number of hydrogen-bond acceptors (Lipinski definition) is 5. The van der Waals surface area contributed by atoms with Crippen molar-refractivity contribution in [1.29, 1.82) is 10.5 Å². The van der Waals surface area contributed by atoms with Crippen molar-refractivity contribution < 1.29 is 0 Å². The number of rotatable bonds is 8. The SMILES string of the molecule is N#Cc1ccc(N(c2ccc(C#N)cc2)c2ccc3c(c2)c2ccccc2n3-c2ccc(-c3ccc(-c4cc(-c5ccccc5)nc(-c5ccccc5)n4)cc3)cc2)cc1. The molecule has 60 heavy (non-hydrogen) atoms. The predicted molar refractivity (Wildman–Crippen MR) is 242 cm³/mol. The van der Waals surface area contributed by atoms with Crippen LogP contribution in [0.15, 0.2) is 206 Å². The summed E-state index contributed by atoms with van der Waals surface area (Å²) in [5.74, 6) is 0.697. The Morgan fingerprint density at radius 2 is 0.850 bits per heavy atom. The Bertz CT molecular complexity index is 3120. The maximum atomic E-state index is 9.47. The summed E-state index contributed by atoms with van der Waals surface area (Å²) in [6.07, 6.45) is 0. The first kappa shape index (κ1) is 35.8. The van der Waals surface area contributed by atoms with Gasteiger partial charge >= 0.3 is 0 Å². The summed E-state index contributed by atoms with van der Waals surface area (Å²) in [5, 5.41) is 21.2. The van der Waals surface area contributed by atoms with Crippen LogP contribution in [0.3, 0.4) is 0 Å². The van der Waals surface area contributed by atoms with Gasteiger partial charge in [-0.1, -0.05) is 115 Å². The number of para-hydroxylation sites is 1. The molecule has 2 heterocycles. The van der Waals surface area contributed by atoms with Crippen molar-refractivity contribution in [2.24, 2.45) is 0 Å². The number of anilines is 3. The minimum atomic E-state index is 0.595. The second kappa shape index (κ2) is 15.4. The molecule has 0 atom stereocenters. The molecule has 6 heteroatoms. The van der Waals surface area contributed by atoms with E-state index in [1.165, 1.54) is 0 Å². The van der Waals surface area contributed by atoms with Gasteiger partial charge in [-0.3, -0.25) is 0 Å². The molecule has 6 nitrogen and oxygen atoms in total. The fourth-order valence-electron chi connectivity index (χ4n) is 7.90. The lowest BCUT2D eigenvalue weighted by Gasteiger charge is -2.25. The summed E-state index contributed by atoms with van der Waals surface area (Å²) in [5.41, 5.74) is 14.3. The van der Waals surface area contributed by atoms with Gasteiger partial charge in [0.15, 0.2) is 5.82 Å². The van der Waals surface area contributed by atoms with Crippen LogP contribution in [-0.4, -0.2) is 14.5 Å². The predicted octanol–water partition coefficient (Wildman–Crippen LogP) is 13.5. The molecule has 0 spiro atoms. The summed E-state index contributed by atoms with van der Waals surface area (Å²) in [7, 11) is 0. The summed E-state index contributed by atoms with van der Waals surface area (Å²) < 4.78 is 2.32. The average Bonchev–Trinajstić information content (AvgIpc) is 3.66. The van der Waals surface area contributed by atoms with Crippen molar-refractivity contribution in [3.8, 4) is 62.9 Å². The smallest absolute Gasteiger partial charge is 0.160 e. The van der Waals surface area contributed by atoms with Gasteiger partial charge in [0.05, 0.1) is 45.7 Å². The number of fused-ring (bicyclic) bond motifs is 3. The number of aromatic nitrogens is 3. The normalized spacial score (nSPS) is 11.0. The lowest BCUT2D eigenvalue weighted by atomic mass is 10.0. The van der Waals surface area contributed by atoms with Crippen LogP contribution in [0, 0.1) is 22.7 Å². The number of nitriles is 2. The van der Waals surface area contributed by atoms with Crippen LogP contribution in [0.1, 0.15) is 11.1 Å². The third-order valence-electron chi connectivity index (χ3n) is 10.9. The molecule has 2 aromatic heterocycles.